The van der Waals surface area contributed by atoms with Crippen LogP contribution in [0.15, 0.2) is 30.5 Å². The fraction of sp³-hybridized carbons (Fsp3) is 0.182. The molecule has 0 radical (unpaired) electrons. The van der Waals surface area contributed by atoms with E-state index in [-0.39, 0.29) is 12.4 Å². The molecule has 106 valence electrons. The third-order valence-electron chi connectivity index (χ3n) is 2.32. The first-order valence-corrected chi connectivity index (χ1v) is 5.38. The van der Waals surface area contributed by atoms with Crippen LogP contribution in [0.3, 0.4) is 0 Å². The first kappa shape index (κ1) is 13.8. The first-order valence-electron chi connectivity index (χ1n) is 5.38. The highest BCUT2D eigenvalue weighted by atomic mass is 19.4. The molecule has 0 saturated heterocycles. The summed E-state index contributed by atoms with van der Waals surface area (Å²) < 4.78 is 43.3. The number of primary amides is 1. The Morgan fingerprint density at radius 3 is 2.80 bits per heavy atom. The molecule has 0 unspecified atom stereocenters. The lowest BCUT2D eigenvalue weighted by Gasteiger charge is -2.08. The molecule has 0 aliphatic carbocycles. The summed E-state index contributed by atoms with van der Waals surface area (Å²) in [7, 11) is 0. The molecule has 2 N–H and O–H groups in total. The van der Waals surface area contributed by atoms with Crippen molar-refractivity contribution in [2.75, 3.05) is 0 Å². The number of hydrogen-bond acceptors (Lipinski definition) is 4. The Morgan fingerprint density at radius 2 is 2.15 bits per heavy atom. The minimum absolute atomic E-state index is 0.0546. The molecule has 0 atom stereocenters. The van der Waals surface area contributed by atoms with Crippen LogP contribution in [0.5, 0.6) is 5.88 Å². The molecule has 0 aliphatic heterocycles. The minimum Gasteiger partial charge on any atom is -0.388 e. The number of aromatic nitrogens is 3. The number of hydrogen-bond donors (Lipinski definition) is 1. The van der Waals surface area contributed by atoms with Crippen molar-refractivity contribution in [1.29, 1.82) is 0 Å². The van der Waals surface area contributed by atoms with Gasteiger partial charge >= 0.3 is 12.3 Å². The molecule has 0 spiro atoms. The minimum atomic E-state index is -4.40. The third-order valence-corrected chi connectivity index (χ3v) is 2.32. The number of carbonyl (C=O) groups excluding carboxylic acids is 1. The van der Waals surface area contributed by atoms with Crippen molar-refractivity contribution < 1.29 is 22.7 Å². The fourth-order valence-corrected chi connectivity index (χ4v) is 1.54. The second-order valence-corrected chi connectivity index (χ2v) is 3.87. The van der Waals surface area contributed by atoms with Gasteiger partial charge in [-0.1, -0.05) is 22.4 Å². The second-order valence-electron chi connectivity index (χ2n) is 3.87. The quantitative estimate of drug-likeness (QED) is 0.932. The number of benzene rings is 1. The maximum atomic E-state index is 12.5. The molecule has 0 bridgehead atoms. The number of halogens is 3. The van der Waals surface area contributed by atoms with E-state index in [1.54, 1.807) is 0 Å². The summed E-state index contributed by atoms with van der Waals surface area (Å²) in [5.74, 6) is -0.121. The summed E-state index contributed by atoms with van der Waals surface area (Å²) in [5.41, 5.74) is 4.43. The molecule has 20 heavy (non-hydrogen) atoms. The Balaban J connectivity index is 2.14. The predicted octanol–water partition coefficient (Wildman–Crippen LogP) is 1.80. The summed E-state index contributed by atoms with van der Waals surface area (Å²) in [4.78, 5) is 10.5. The van der Waals surface area contributed by atoms with Gasteiger partial charge in [0.05, 0.1) is 18.3 Å². The van der Waals surface area contributed by atoms with Crippen LogP contribution >= 0.6 is 0 Å². The smallest absolute Gasteiger partial charge is 0.388 e. The van der Waals surface area contributed by atoms with Crippen molar-refractivity contribution in [2.45, 2.75) is 12.7 Å². The summed E-state index contributed by atoms with van der Waals surface area (Å²) in [6, 6.07) is 4.81. The zero-order valence-electron chi connectivity index (χ0n) is 9.96. The molecule has 2 aromatic rings. The van der Waals surface area contributed by atoms with Gasteiger partial charge in [-0.05, 0) is 17.7 Å². The number of amides is 1. The normalized spacial score (nSPS) is 11.3. The van der Waals surface area contributed by atoms with E-state index in [4.69, 9.17) is 5.73 Å². The fourth-order valence-electron chi connectivity index (χ4n) is 1.54. The van der Waals surface area contributed by atoms with E-state index in [0.29, 0.717) is 5.56 Å². The van der Waals surface area contributed by atoms with E-state index in [9.17, 15) is 18.0 Å². The van der Waals surface area contributed by atoms with E-state index in [1.165, 1.54) is 23.0 Å². The number of nitrogens with zero attached hydrogens (tertiary/aromatic N) is 3. The van der Waals surface area contributed by atoms with E-state index >= 15 is 0 Å². The summed E-state index contributed by atoms with van der Waals surface area (Å²) in [6.45, 7) is 0.0546. The van der Waals surface area contributed by atoms with Gasteiger partial charge in [0.1, 0.15) is 0 Å². The Morgan fingerprint density at radius 1 is 1.40 bits per heavy atom. The third kappa shape index (κ3) is 3.46. The lowest BCUT2D eigenvalue weighted by molar-refractivity contribution is -0.137. The number of nitrogens with two attached hydrogens (primary N) is 1. The maximum Gasteiger partial charge on any atom is 0.416 e. The predicted molar refractivity (Wildman–Crippen MR) is 60.8 cm³/mol. The van der Waals surface area contributed by atoms with Gasteiger partial charge in [0, 0.05) is 0 Å². The molecule has 1 heterocycles. The molecule has 9 heteroatoms. The van der Waals surface area contributed by atoms with Crippen molar-refractivity contribution in [2.24, 2.45) is 5.73 Å². The molecule has 1 aromatic heterocycles. The van der Waals surface area contributed by atoms with Crippen LogP contribution in [0.2, 0.25) is 0 Å². The molecule has 0 fully saturated rings. The van der Waals surface area contributed by atoms with Gasteiger partial charge in [0.2, 0.25) is 0 Å². The van der Waals surface area contributed by atoms with Gasteiger partial charge in [-0.15, -0.1) is 0 Å². The number of rotatable bonds is 3. The van der Waals surface area contributed by atoms with E-state index in [0.717, 1.165) is 12.1 Å². The molecule has 0 aliphatic rings. The van der Waals surface area contributed by atoms with Crippen LogP contribution in [0.1, 0.15) is 11.1 Å². The molecular weight excluding hydrogens is 277 g/mol. The number of carbonyl (C=O) groups is 1. The summed E-state index contributed by atoms with van der Waals surface area (Å²) in [6.07, 6.45) is -4.19. The van der Waals surface area contributed by atoms with Crippen molar-refractivity contribution in [3.05, 3.63) is 41.6 Å². The molecule has 1 aromatic carbocycles. The Bertz CT molecular complexity index is 624. The Labute approximate surface area is 110 Å². The zero-order valence-corrected chi connectivity index (χ0v) is 9.96. The largest absolute Gasteiger partial charge is 0.416 e. The maximum absolute atomic E-state index is 12.5. The van der Waals surface area contributed by atoms with Gasteiger partial charge < -0.3 is 10.5 Å². The van der Waals surface area contributed by atoms with Crippen molar-refractivity contribution in [1.82, 2.24) is 15.0 Å². The summed E-state index contributed by atoms with van der Waals surface area (Å²) in [5, 5.41) is 7.10. The highest BCUT2D eigenvalue weighted by Gasteiger charge is 2.30. The lowest BCUT2D eigenvalue weighted by atomic mass is 10.1. The highest BCUT2D eigenvalue weighted by molar-refractivity contribution is 5.67. The van der Waals surface area contributed by atoms with Crippen molar-refractivity contribution >= 4 is 6.09 Å². The van der Waals surface area contributed by atoms with Gasteiger partial charge in [-0.2, -0.15) is 13.2 Å². The van der Waals surface area contributed by atoms with Gasteiger partial charge in [-0.25, -0.2) is 9.48 Å². The van der Waals surface area contributed by atoms with Gasteiger partial charge in [0.15, 0.2) is 0 Å². The molecule has 2 rings (SSSR count). The standard InChI is InChI=1S/C11H9F3N4O2/c12-11(13,14)8-3-1-2-7(4-8)5-18-6-9(16-17-18)20-10(15)19/h1-4,6H,5H2,(H2,15,19). The average molecular weight is 286 g/mol. The zero-order chi connectivity index (χ0) is 14.8. The van der Waals surface area contributed by atoms with Crippen LogP contribution in [-0.2, 0) is 12.7 Å². The first-order chi connectivity index (χ1) is 9.34. The second kappa shape index (κ2) is 5.19. The molecule has 6 nitrogen and oxygen atoms in total. The molecule has 1 amide bonds. The van der Waals surface area contributed by atoms with Crippen LogP contribution < -0.4 is 10.5 Å². The topological polar surface area (TPSA) is 83.0 Å². The van der Waals surface area contributed by atoms with Gasteiger partial charge in [-0.3, -0.25) is 0 Å². The molecular formula is C11H9F3N4O2. The number of ether oxygens (including phenoxy) is 1. The van der Waals surface area contributed by atoms with Crippen LogP contribution in [0.4, 0.5) is 18.0 Å². The van der Waals surface area contributed by atoms with E-state index in [1.807, 2.05) is 0 Å². The van der Waals surface area contributed by atoms with Crippen LogP contribution in [0, 0.1) is 0 Å². The molecule has 0 saturated carbocycles. The Hall–Kier alpha value is -2.58. The highest BCUT2D eigenvalue weighted by Crippen LogP contribution is 2.29. The lowest BCUT2D eigenvalue weighted by Crippen LogP contribution is -2.16. The van der Waals surface area contributed by atoms with Crippen LogP contribution in [0.25, 0.3) is 0 Å². The van der Waals surface area contributed by atoms with Gasteiger partial charge in [0.25, 0.3) is 5.88 Å². The van der Waals surface area contributed by atoms with Crippen LogP contribution in [-0.4, -0.2) is 21.1 Å². The number of alkyl halides is 3. The summed E-state index contributed by atoms with van der Waals surface area (Å²) >= 11 is 0. The van der Waals surface area contributed by atoms with E-state index < -0.39 is 17.8 Å². The average Bonchev–Trinajstić information content (AvgIpc) is 2.75. The monoisotopic (exact) mass is 286 g/mol. The Kier molecular flexibility index (Phi) is 3.59. The van der Waals surface area contributed by atoms with Crippen molar-refractivity contribution in [3.8, 4) is 5.88 Å². The van der Waals surface area contributed by atoms with Crippen molar-refractivity contribution in [3.63, 3.8) is 0 Å². The SMILES string of the molecule is NC(=O)Oc1cn(Cc2cccc(C(F)(F)F)c2)nn1. The van der Waals surface area contributed by atoms with E-state index in [2.05, 4.69) is 15.0 Å².